The van der Waals surface area contributed by atoms with E-state index in [1.165, 1.54) is 0 Å². The van der Waals surface area contributed by atoms with Gasteiger partial charge in [0.1, 0.15) is 12.6 Å². The van der Waals surface area contributed by atoms with Crippen LogP contribution in [0.2, 0.25) is 0 Å². The Morgan fingerprint density at radius 3 is 1.67 bits per heavy atom. The van der Waals surface area contributed by atoms with E-state index in [0.29, 0.717) is 13.2 Å². The number of rotatable bonds is 2. The molecule has 2 rings (SSSR count). The molecule has 1 unspecified atom stereocenters. The smallest absolute Gasteiger partial charge is 0.128 e. The van der Waals surface area contributed by atoms with Gasteiger partial charge in [-0.25, -0.2) is 0 Å². The van der Waals surface area contributed by atoms with Crippen LogP contribution in [-0.2, 0) is 19.1 Å². The van der Waals surface area contributed by atoms with Gasteiger partial charge in [-0.3, -0.25) is 0 Å². The fourth-order valence-electron chi connectivity index (χ4n) is 1.79. The number of hydrogen-bond donors (Lipinski definition) is 0. The molecule has 0 N–H and O–H groups in total. The minimum absolute atomic E-state index is 0.181. The van der Waals surface area contributed by atoms with E-state index in [-0.39, 0.29) is 24.0 Å². The zero-order chi connectivity index (χ0) is 8.55. The Morgan fingerprint density at radius 1 is 0.917 bits per heavy atom. The molecule has 0 aromatic heterocycles. The van der Waals surface area contributed by atoms with Gasteiger partial charge in [-0.05, 0) is 0 Å². The molecule has 0 spiro atoms. The van der Waals surface area contributed by atoms with Crippen molar-refractivity contribution < 1.29 is 19.1 Å². The average molecular weight is 170 g/mol. The first-order valence-electron chi connectivity index (χ1n) is 4.00. The summed E-state index contributed by atoms with van der Waals surface area (Å²) in [6, 6.07) is 0. The summed E-state index contributed by atoms with van der Waals surface area (Å²) in [6.07, 6.45) is 1.32. The normalized spacial score (nSPS) is 45.7. The van der Waals surface area contributed by atoms with Crippen LogP contribution >= 0.6 is 0 Å². The maximum atomic E-state index is 10.5. The van der Waals surface area contributed by atoms with Crippen molar-refractivity contribution in [3.63, 3.8) is 0 Å². The van der Waals surface area contributed by atoms with E-state index in [1.54, 1.807) is 0 Å². The zero-order valence-electron chi connectivity index (χ0n) is 6.51. The molecule has 4 nitrogen and oxygen atoms in total. The topological polar surface area (TPSA) is 52.6 Å². The maximum absolute atomic E-state index is 10.5. The van der Waals surface area contributed by atoms with Crippen LogP contribution in [0.5, 0.6) is 0 Å². The van der Waals surface area contributed by atoms with Gasteiger partial charge in [0, 0.05) is 0 Å². The van der Waals surface area contributed by atoms with Crippen LogP contribution in [0.4, 0.5) is 0 Å². The number of carbonyl (C=O) groups is 2. The molecule has 2 heterocycles. The van der Waals surface area contributed by atoms with Crippen molar-refractivity contribution in [1.82, 2.24) is 0 Å². The van der Waals surface area contributed by atoms with E-state index in [4.69, 9.17) is 9.47 Å². The maximum Gasteiger partial charge on any atom is 0.128 e. The highest BCUT2D eigenvalue weighted by molar-refractivity contribution is 5.59. The van der Waals surface area contributed by atoms with Crippen molar-refractivity contribution in [2.24, 2.45) is 11.8 Å². The van der Waals surface area contributed by atoms with Gasteiger partial charge in [0.15, 0.2) is 0 Å². The highest BCUT2D eigenvalue weighted by Crippen LogP contribution is 2.32. The van der Waals surface area contributed by atoms with Crippen molar-refractivity contribution in [1.29, 1.82) is 0 Å². The quantitative estimate of drug-likeness (QED) is 0.520. The molecule has 66 valence electrons. The molecule has 2 aliphatic heterocycles. The highest BCUT2D eigenvalue weighted by Gasteiger charge is 2.47. The Kier molecular flexibility index (Phi) is 1.94. The second-order valence-corrected chi connectivity index (χ2v) is 3.20. The molecule has 0 saturated carbocycles. The summed E-state index contributed by atoms with van der Waals surface area (Å²) >= 11 is 0. The fourth-order valence-corrected chi connectivity index (χ4v) is 1.79. The van der Waals surface area contributed by atoms with Gasteiger partial charge in [-0.2, -0.15) is 0 Å². The molecule has 0 amide bonds. The molecular formula is C8H10O4. The number of fused-ring (bicyclic) bond motifs is 1. The molecular weight excluding hydrogens is 160 g/mol. The van der Waals surface area contributed by atoms with E-state index < -0.39 is 0 Å². The molecule has 0 bridgehead atoms. The fraction of sp³-hybridized carbons (Fsp3) is 0.750. The molecule has 0 aromatic rings. The average Bonchev–Trinajstić information content (AvgIpc) is 2.62. The van der Waals surface area contributed by atoms with Crippen LogP contribution in [-0.4, -0.2) is 38.0 Å². The van der Waals surface area contributed by atoms with Gasteiger partial charge in [0.25, 0.3) is 0 Å². The van der Waals surface area contributed by atoms with Crippen molar-refractivity contribution in [2.75, 3.05) is 13.2 Å². The predicted molar refractivity (Wildman–Crippen MR) is 38.6 cm³/mol. The number of hydrogen-bond acceptors (Lipinski definition) is 4. The van der Waals surface area contributed by atoms with Crippen molar-refractivity contribution in [3.8, 4) is 0 Å². The second kappa shape index (κ2) is 2.95. The Bertz CT molecular complexity index is 181. The first-order chi connectivity index (χ1) is 5.86. The predicted octanol–water partition coefficient (Wildman–Crippen LogP) is -0.586. The minimum atomic E-state index is -0.183. The number of aldehydes is 2. The molecule has 2 saturated heterocycles. The Hall–Kier alpha value is -0.740. The van der Waals surface area contributed by atoms with Crippen LogP contribution < -0.4 is 0 Å². The van der Waals surface area contributed by atoms with Gasteiger partial charge in [-0.1, -0.05) is 0 Å². The first-order valence-corrected chi connectivity index (χ1v) is 4.00. The Morgan fingerprint density at radius 2 is 1.33 bits per heavy atom. The lowest BCUT2D eigenvalue weighted by molar-refractivity contribution is -0.114. The third kappa shape index (κ3) is 0.990. The number of ether oxygens (including phenoxy) is 2. The summed E-state index contributed by atoms with van der Waals surface area (Å²) in [5, 5.41) is 0. The molecule has 4 atom stereocenters. The Balaban J connectivity index is 2.10. The van der Waals surface area contributed by atoms with Gasteiger partial charge in [0.05, 0.1) is 37.3 Å². The number of carbonyl (C=O) groups excluding carboxylic acids is 2. The van der Waals surface area contributed by atoms with Gasteiger partial charge in [0.2, 0.25) is 0 Å². The van der Waals surface area contributed by atoms with Gasteiger partial charge in [-0.15, -0.1) is 0 Å². The van der Waals surface area contributed by atoms with E-state index in [2.05, 4.69) is 0 Å². The Labute approximate surface area is 69.8 Å². The summed E-state index contributed by atoms with van der Waals surface area (Å²) in [5.41, 5.74) is 0. The minimum Gasteiger partial charge on any atom is -0.374 e. The largest absolute Gasteiger partial charge is 0.374 e. The summed E-state index contributed by atoms with van der Waals surface area (Å²) in [7, 11) is 0. The summed E-state index contributed by atoms with van der Waals surface area (Å²) < 4.78 is 10.6. The van der Waals surface area contributed by atoms with Crippen LogP contribution in [0.3, 0.4) is 0 Å². The highest BCUT2D eigenvalue weighted by atomic mass is 16.6. The molecule has 12 heavy (non-hydrogen) atoms. The molecule has 2 aliphatic rings. The molecule has 0 radical (unpaired) electrons. The third-order valence-electron chi connectivity index (χ3n) is 2.48. The third-order valence-corrected chi connectivity index (χ3v) is 2.48. The first kappa shape index (κ1) is 7.89. The van der Waals surface area contributed by atoms with Crippen LogP contribution in [0, 0.1) is 11.8 Å². The summed E-state index contributed by atoms with van der Waals surface area (Å²) in [4.78, 5) is 21.0. The van der Waals surface area contributed by atoms with E-state index in [0.717, 1.165) is 12.6 Å². The summed E-state index contributed by atoms with van der Waals surface area (Å²) in [5.74, 6) is -0.361. The lowest BCUT2D eigenvalue weighted by atomic mass is 9.98. The van der Waals surface area contributed by atoms with Crippen LogP contribution in [0.15, 0.2) is 0 Å². The molecule has 4 heteroatoms. The SMILES string of the molecule is O=C[C@@H]1CO[C@H]2C1OC[C@@H]2C=O. The lowest BCUT2D eigenvalue weighted by Crippen LogP contribution is -2.27. The van der Waals surface area contributed by atoms with Crippen molar-refractivity contribution >= 4 is 12.6 Å². The van der Waals surface area contributed by atoms with Crippen LogP contribution in [0.25, 0.3) is 0 Å². The standard InChI is InChI=1S/C8H10O4/c9-1-5-3-11-8-6(2-10)4-12-7(5)8/h1-2,5-8H,3-4H2/t5-,6+,7+,8?/m0/s1. The van der Waals surface area contributed by atoms with E-state index in [1.807, 2.05) is 0 Å². The van der Waals surface area contributed by atoms with E-state index >= 15 is 0 Å². The van der Waals surface area contributed by atoms with Crippen molar-refractivity contribution in [3.05, 3.63) is 0 Å². The van der Waals surface area contributed by atoms with Crippen molar-refractivity contribution in [2.45, 2.75) is 12.2 Å². The van der Waals surface area contributed by atoms with E-state index in [9.17, 15) is 9.59 Å². The lowest BCUT2D eigenvalue weighted by Gasteiger charge is -2.09. The van der Waals surface area contributed by atoms with Gasteiger partial charge < -0.3 is 19.1 Å². The second-order valence-electron chi connectivity index (χ2n) is 3.20. The monoisotopic (exact) mass is 170 g/mol. The molecule has 2 fully saturated rings. The zero-order valence-corrected chi connectivity index (χ0v) is 6.51. The van der Waals surface area contributed by atoms with Crippen LogP contribution in [0.1, 0.15) is 0 Å². The summed E-state index contributed by atoms with van der Waals surface area (Å²) in [6.45, 7) is 0.784. The molecule has 0 aliphatic carbocycles. The molecule has 0 aromatic carbocycles. The van der Waals surface area contributed by atoms with Gasteiger partial charge >= 0.3 is 0 Å².